The van der Waals surface area contributed by atoms with Gasteiger partial charge in [-0.15, -0.1) is 0 Å². The highest BCUT2D eigenvalue weighted by Gasteiger charge is 2.19. The van der Waals surface area contributed by atoms with Gasteiger partial charge in [0.05, 0.1) is 19.2 Å². The number of nitrogens with two attached hydrogens (primary N) is 1. The third-order valence-electron chi connectivity index (χ3n) is 4.41. The summed E-state index contributed by atoms with van der Waals surface area (Å²) in [5.74, 6) is -0.581. The average molecular weight is 370 g/mol. The Morgan fingerprint density at radius 1 is 1.15 bits per heavy atom. The number of halogens is 1. The van der Waals surface area contributed by atoms with Crippen molar-refractivity contribution >= 4 is 22.6 Å². The van der Waals surface area contributed by atoms with Crippen LogP contribution in [0.25, 0.3) is 10.9 Å². The van der Waals surface area contributed by atoms with E-state index in [0.717, 1.165) is 16.6 Å². The van der Waals surface area contributed by atoms with Gasteiger partial charge in [-0.3, -0.25) is 4.79 Å². The van der Waals surface area contributed by atoms with Gasteiger partial charge in [0.15, 0.2) is 17.3 Å². The van der Waals surface area contributed by atoms with E-state index in [2.05, 4.69) is 30.5 Å². The maximum Gasteiger partial charge on any atom is 0.309 e. The lowest BCUT2D eigenvalue weighted by molar-refractivity contribution is -0.139. The van der Waals surface area contributed by atoms with Crippen LogP contribution in [-0.2, 0) is 21.4 Å². The van der Waals surface area contributed by atoms with Crippen LogP contribution in [-0.4, -0.2) is 18.1 Å². The lowest BCUT2D eigenvalue weighted by Crippen LogP contribution is -2.10. The highest BCUT2D eigenvalue weighted by molar-refractivity contribution is 5.95. The SMILES string of the molecule is COC(=O)Cc1ccc(Oc2ccc3[nH]c(C(C)(C)C)cc3c2N)c(F)c1. The maximum atomic E-state index is 14.4. The monoisotopic (exact) mass is 370 g/mol. The Kier molecular flexibility index (Phi) is 4.83. The van der Waals surface area contributed by atoms with Gasteiger partial charge in [-0.2, -0.15) is 0 Å². The van der Waals surface area contributed by atoms with Crippen molar-refractivity contribution in [3.05, 3.63) is 53.5 Å². The van der Waals surface area contributed by atoms with Crippen LogP contribution in [0.3, 0.4) is 0 Å². The Bertz CT molecular complexity index is 1000. The Labute approximate surface area is 157 Å². The van der Waals surface area contributed by atoms with Gasteiger partial charge < -0.3 is 20.2 Å². The molecule has 0 amide bonds. The molecule has 3 rings (SSSR count). The van der Waals surface area contributed by atoms with Crippen LogP contribution in [0.2, 0.25) is 0 Å². The maximum absolute atomic E-state index is 14.4. The molecule has 27 heavy (non-hydrogen) atoms. The van der Waals surface area contributed by atoms with Gasteiger partial charge in [-0.1, -0.05) is 26.8 Å². The van der Waals surface area contributed by atoms with Gasteiger partial charge in [0.1, 0.15) is 0 Å². The van der Waals surface area contributed by atoms with Crippen molar-refractivity contribution in [3.8, 4) is 11.5 Å². The van der Waals surface area contributed by atoms with Crippen molar-refractivity contribution in [1.29, 1.82) is 0 Å². The van der Waals surface area contributed by atoms with Gasteiger partial charge in [0.25, 0.3) is 0 Å². The normalized spacial score (nSPS) is 11.6. The van der Waals surface area contributed by atoms with Crippen molar-refractivity contribution in [1.82, 2.24) is 4.98 Å². The zero-order valence-electron chi connectivity index (χ0n) is 15.9. The summed E-state index contributed by atoms with van der Waals surface area (Å²) in [5.41, 5.74) is 9.12. The Balaban J connectivity index is 1.90. The number of carbonyl (C=O) groups excluding carboxylic acids is 1. The molecule has 5 nitrogen and oxygen atoms in total. The quantitative estimate of drug-likeness (QED) is 0.516. The van der Waals surface area contributed by atoms with Crippen LogP contribution in [0.15, 0.2) is 36.4 Å². The second kappa shape index (κ2) is 6.95. The minimum atomic E-state index is -0.569. The molecule has 0 unspecified atom stereocenters. The molecule has 3 N–H and O–H groups in total. The van der Waals surface area contributed by atoms with Gasteiger partial charge in [-0.25, -0.2) is 4.39 Å². The summed E-state index contributed by atoms with van der Waals surface area (Å²) in [6.07, 6.45) is 0.000722. The van der Waals surface area contributed by atoms with E-state index in [9.17, 15) is 9.18 Å². The van der Waals surface area contributed by atoms with E-state index < -0.39 is 11.8 Å². The van der Waals surface area contributed by atoms with E-state index in [1.165, 1.54) is 19.2 Å². The minimum absolute atomic E-state index is 0.000722. The van der Waals surface area contributed by atoms with E-state index >= 15 is 0 Å². The van der Waals surface area contributed by atoms with Crippen molar-refractivity contribution in [2.75, 3.05) is 12.8 Å². The third kappa shape index (κ3) is 3.89. The number of H-pyrrole nitrogens is 1. The fourth-order valence-corrected chi connectivity index (χ4v) is 2.79. The molecule has 0 atom stereocenters. The molecule has 1 heterocycles. The smallest absolute Gasteiger partial charge is 0.309 e. The fraction of sp³-hybridized carbons (Fsp3) is 0.286. The van der Waals surface area contributed by atoms with Gasteiger partial charge >= 0.3 is 5.97 Å². The molecule has 142 valence electrons. The largest absolute Gasteiger partial charge is 0.469 e. The molecule has 0 saturated carbocycles. The third-order valence-corrected chi connectivity index (χ3v) is 4.41. The standard InChI is InChI=1S/C21H23FN2O3/c1-21(2,3)18-11-13-15(24-18)6-8-17(20(13)23)27-16-7-5-12(9-14(16)22)10-19(25)26-4/h5-9,11,24H,10,23H2,1-4H3. The number of aromatic amines is 1. The molecule has 0 saturated heterocycles. The molecule has 0 aliphatic heterocycles. The number of fused-ring (bicyclic) bond motifs is 1. The number of benzene rings is 2. The first-order valence-corrected chi connectivity index (χ1v) is 8.64. The summed E-state index contributed by atoms with van der Waals surface area (Å²) in [4.78, 5) is 14.7. The molecule has 2 aromatic carbocycles. The number of nitrogens with one attached hydrogen (secondary N) is 1. The van der Waals surface area contributed by atoms with Crippen LogP contribution in [0.5, 0.6) is 11.5 Å². The average Bonchev–Trinajstić information content (AvgIpc) is 3.05. The number of esters is 1. The molecule has 0 bridgehead atoms. The minimum Gasteiger partial charge on any atom is -0.469 e. The number of aromatic nitrogens is 1. The van der Waals surface area contributed by atoms with Crippen LogP contribution < -0.4 is 10.5 Å². The molecular formula is C21H23FN2O3. The highest BCUT2D eigenvalue weighted by atomic mass is 19.1. The van der Waals surface area contributed by atoms with E-state index in [0.29, 0.717) is 17.0 Å². The molecule has 0 radical (unpaired) electrons. The van der Waals surface area contributed by atoms with Gasteiger partial charge in [-0.05, 0) is 35.9 Å². The van der Waals surface area contributed by atoms with Crippen LogP contribution >= 0.6 is 0 Å². The number of hydrogen-bond donors (Lipinski definition) is 2. The molecule has 0 aliphatic carbocycles. The van der Waals surface area contributed by atoms with E-state index in [1.54, 1.807) is 12.1 Å². The first kappa shape index (κ1) is 18.8. The van der Waals surface area contributed by atoms with Crippen molar-refractivity contribution in [3.63, 3.8) is 0 Å². The summed E-state index contributed by atoms with van der Waals surface area (Å²) in [7, 11) is 1.29. The molecule has 0 fully saturated rings. The Morgan fingerprint density at radius 2 is 1.85 bits per heavy atom. The summed E-state index contributed by atoms with van der Waals surface area (Å²) < 4.78 is 24.7. The summed E-state index contributed by atoms with van der Waals surface area (Å²) >= 11 is 0. The number of methoxy groups -OCH3 is 1. The second-order valence-electron chi connectivity index (χ2n) is 7.49. The molecule has 0 spiro atoms. The topological polar surface area (TPSA) is 77.3 Å². The first-order valence-electron chi connectivity index (χ1n) is 8.64. The van der Waals surface area contributed by atoms with Crippen LogP contribution in [0, 0.1) is 5.82 Å². The molecule has 3 aromatic rings. The van der Waals surface area contributed by atoms with E-state index in [1.807, 2.05) is 12.1 Å². The van der Waals surface area contributed by atoms with Gasteiger partial charge in [0.2, 0.25) is 0 Å². The number of carbonyl (C=O) groups is 1. The van der Waals surface area contributed by atoms with Gasteiger partial charge in [0, 0.05) is 22.0 Å². The van der Waals surface area contributed by atoms with Crippen LogP contribution in [0.1, 0.15) is 32.0 Å². The number of nitrogen functional groups attached to an aromatic ring is 1. The number of hydrogen-bond acceptors (Lipinski definition) is 4. The molecule has 1 aromatic heterocycles. The summed E-state index contributed by atoms with van der Waals surface area (Å²) in [6.45, 7) is 6.32. The lowest BCUT2D eigenvalue weighted by Gasteiger charge is -2.15. The zero-order chi connectivity index (χ0) is 19.8. The van der Waals surface area contributed by atoms with Crippen molar-refractivity contribution in [2.45, 2.75) is 32.6 Å². The molecular weight excluding hydrogens is 347 g/mol. The Morgan fingerprint density at radius 3 is 2.48 bits per heavy atom. The number of anilines is 1. The fourth-order valence-electron chi connectivity index (χ4n) is 2.79. The first-order chi connectivity index (χ1) is 12.7. The predicted octanol–water partition coefficient (Wildman–Crippen LogP) is 4.69. The lowest BCUT2D eigenvalue weighted by atomic mass is 9.92. The number of rotatable bonds is 4. The van der Waals surface area contributed by atoms with Crippen molar-refractivity contribution < 1.29 is 18.7 Å². The molecule has 6 heteroatoms. The highest BCUT2D eigenvalue weighted by Crippen LogP contribution is 2.37. The number of ether oxygens (including phenoxy) is 2. The summed E-state index contributed by atoms with van der Waals surface area (Å²) in [5, 5.41) is 0.833. The summed E-state index contributed by atoms with van der Waals surface area (Å²) in [6, 6.07) is 9.93. The predicted molar refractivity (Wildman–Crippen MR) is 104 cm³/mol. The van der Waals surface area contributed by atoms with Crippen molar-refractivity contribution in [2.24, 2.45) is 0 Å². The second-order valence-corrected chi connectivity index (χ2v) is 7.49. The zero-order valence-corrected chi connectivity index (χ0v) is 15.9. The Hall–Kier alpha value is -3.02. The van der Waals surface area contributed by atoms with E-state index in [4.69, 9.17) is 10.5 Å². The van der Waals surface area contributed by atoms with E-state index in [-0.39, 0.29) is 17.6 Å². The van der Waals surface area contributed by atoms with Crippen LogP contribution in [0.4, 0.5) is 10.1 Å². The molecule has 0 aliphatic rings.